The fourth-order valence-electron chi connectivity index (χ4n) is 2.29. The number of pyridine rings is 1. The molecule has 144 valence electrons. The largest absolute Gasteiger partial charge is 0.481 e. The third-order valence-electron chi connectivity index (χ3n) is 3.62. The number of benzene rings is 1. The van der Waals surface area contributed by atoms with Gasteiger partial charge in [-0.1, -0.05) is 17.5 Å². The van der Waals surface area contributed by atoms with E-state index in [1.54, 1.807) is 17.6 Å². The molecule has 2 aromatic heterocycles. The van der Waals surface area contributed by atoms with Gasteiger partial charge in [0.05, 0.1) is 26.3 Å². The number of thiazole rings is 1. The Hall–Kier alpha value is -2.67. The number of unbranched alkanes of at least 4 members (excludes halogenated alkanes) is 1. The van der Waals surface area contributed by atoms with Crippen LogP contribution < -0.4 is 4.72 Å². The van der Waals surface area contributed by atoms with Gasteiger partial charge in [0.15, 0.2) is 0 Å². The number of aliphatic carboxylic acids is 1. The number of halogens is 1. The third-order valence-corrected chi connectivity index (χ3v) is 5.98. The molecule has 0 atom stereocenters. The van der Waals surface area contributed by atoms with Crippen molar-refractivity contribution in [2.45, 2.75) is 24.2 Å². The predicted octanol–water partition coefficient (Wildman–Crippen LogP) is 3.75. The summed E-state index contributed by atoms with van der Waals surface area (Å²) >= 11 is 7.25. The molecule has 0 amide bonds. The predicted molar refractivity (Wildman–Crippen MR) is 108 cm³/mol. The van der Waals surface area contributed by atoms with E-state index < -0.39 is 16.0 Å². The molecule has 3 aromatic rings. The summed E-state index contributed by atoms with van der Waals surface area (Å²) in [5, 5.41) is 8.81. The molecule has 3 rings (SSSR count). The van der Waals surface area contributed by atoms with Crippen LogP contribution >= 0.6 is 22.9 Å². The zero-order valence-electron chi connectivity index (χ0n) is 14.3. The Bertz CT molecular complexity index is 1200. The maximum Gasteiger partial charge on any atom is 0.303 e. The van der Waals surface area contributed by atoms with Gasteiger partial charge in [-0.2, -0.15) is 0 Å². The molecule has 0 aliphatic heterocycles. The summed E-state index contributed by atoms with van der Waals surface area (Å²) in [6, 6.07) is 7.62. The molecule has 0 fully saturated rings. The fourth-order valence-corrected chi connectivity index (χ4v) is 4.32. The van der Waals surface area contributed by atoms with Crippen LogP contribution in [0.15, 0.2) is 40.7 Å². The first-order valence-electron chi connectivity index (χ1n) is 8.08. The third kappa shape index (κ3) is 4.98. The number of nitrogens with one attached hydrogen (secondary N) is 1. The minimum Gasteiger partial charge on any atom is -0.481 e. The number of rotatable bonds is 6. The van der Waals surface area contributed by atoms with Crippen molar-refractivity contribution in [2.75, 3.05) is 4.72 Å². The molecule has 1 aromatic carbocycles. The van der Waals surface area contributed by atoms with Gasteiger partial charge >= 0.3 is 5.97 Å². The van der Waals surface area contributed by atoms with Crippen molar-refractivity contribution < 1.29 is 18.3 Å². The van der Waals surface area contributed by atoms with Crippen LogP contribution in [0.5, 0.6) is 0 Å². The average molecular weight is 436 g/mol. The monoisotopic (exact) mass is 435 g/mol. The van der Waals surface area contributed by atoms with Crippen molar-refractivity contribution in [3.63, 3.8) is 0 Å². The Labute approximate surface area is 170 Å². The van der Waals surface area contributed by atoms with E-state index >= 15 is 0 Å². The van der Waals surface area contributed by atoms with Crippen LogP contribution in [0.2, 0.25) is 5.15 Å². The average Bonchev–Trinajstić information content (AvgIpc) is 3.11. The van der Waals surface area contributed by atoms with E-state index in [1.165, 1.54) is 29.5 Å². The van der Waals surface area contributed by atoms with Gasteiger partial charge in [0.2, 0.25) is 0 Å². The van der Waals surface area contributed by atoms with Crippen molar-refractivity contribution in [1.82, 2.24) is 9.97 Å². The lowest BCUT2D eigenvalue weighted by Crippen LogP contribution is -2.14. The van der Waals surface area contributed by atoms with E-state index in [-0.39, 0.29) is 27.9 Å². The normalized spacial score (nSPS) is 11.0. The van der Waals surface area contributed by atoms with Gasteiger partial charge in [0.25, 0.3) is 10.0 Å². The van der Waals surface area contributed by atoms with Gasteiger partial charge in [-0.15, -0.1) is 11.3 Å². The number of hydrogen-bond donors (Lipinski definition) is 2. The highest BCUT2D eigenvalue weighted by molar-refractivity contribution is 7.92. The van der Waals surface area contributed by atoms with Gasteiger partial charge in [0.1, 0.15) is 10.8 Å². The zero-order chi connectivity index (χ0) is 20.1. The molecular formula is C18H14ClN3O4S2. The molecule has 2 N–H and O–H groups in total. The Balaban J connectivity index is 1.84. The van der Waals surface area contributed by atoms with Gasteiger partial charge in [-0.3, -0.25) is 9.52 Å². The molecule has 0 saturated carbocycles. The minimum atomic E-state index is -3.86. The van der Waals surface area contributed by atoms with Crippen LogP contribution in [0.4, 0.5) is 5.69 Å². The van der Waals surface area contributed by atoms with E-state index in [2.05, 4.69) is 26.5 Å². The molecule has 0 aliphatic carbocycles. The van der Waals surface area contributed by atoms with Gasteiger partial charge in [0, 0.05) is 12.8 Å². The number of hydrogen-bond acceptors (Lipinski definition) is 6. The quantitative estimate of drug-likeness (QED) is 0.346. The highest BCUT2D eigenvalue weighted by Gasteiger charge is 2.17. The Morgan fingerprint density at radius 1 is 1.29 bits per heavy atom. The van der Waals surface area contributed by atoms with E-state index in [9.17, 15) is 13.2 Å². The maximum absolute atomic E-state index is 12.8. The Kier molecular flexibility index (Phi) is 6.14. The van der Waals surface area contributed by atoms with Crippen molar-refractivity contribution in [3.05, 3.63) is 46.7 Å². The Morgan fingerprint density at radius 2 is 2.11 bits per heavy atom. The number of nitrogens with zero attached hydrogens (tertiary/aromatic N) is 2. The van der Waals surface area contributed by atoms with Crippen LogP contribution in [0.25, 0.3) is 10.2 Å². The number of carbonyl (C=O) groups is 1. The van der Waals surface area contributed by atoms with Gasteiger partial charge in [-0.25, -0.2) is 18.4 Å². The molecule has 28 heavy (non-hydrogen) atoms. The number of fused-ring (bicyclic) bond motifs is 1. The summed E-state index contributed by atoms with van der Waals surface area (Å²) in [6.45, 7) is 0. The van der Waals surface area contributed by atoms with Crippen LogP contribution in [-0.4, -0.2) is 29.5 Å². The smallest absolute Gasteiger partial charge is 0.303 e. The highest BCUT2D eigenvalue weighted by Crippen LogP contribution is 2.25. The second-order valence-corrected chi connectivity index (χ2v) is 8.62. The van der Waals surface area contributed by atoms with Crippen molar-refractivity contribution in [1.29, 1.82) is 0 Å². The lowest BCUT2D eigenvalue weighted by Gasteiger charge is -2.09. The Morgan fingerprint density at radius 3 is 2.89 bits per heavy atom. The van der Waals surface area contributed by atoms with E-state index in [4.69, 9.17) is 16.7 Å². The van der Waals surface area contributed by atoms with Crippen LogP contribution in [0.3, 0.4) is 0 Å². The fraction of sp³-hybridized carbons (Fsp3) is 0.167. The second kappa shape index (κ2) is 8.56. The number of carboxylic acid groups (broad SMARTS) is 1. The first kappa shape index (κ1) is 20.1. The molecule has 2 heterocycles. The SMILES string of the molecule is O=C(O)CCCC#Cc1nc(Cl)ccc1NS(=O)(=O)c1ccc2ncsc2c1. The first-order valence-corrected chi connectivity index (χ1v) is 10.8. The second-order valence-electron chi connectivity index (χ2n) is 5.67. The molecule has 0 unspecified atom stereocenters. The minimum absolute atomic E-state index is 0.0111. The number of anilines is 1. The van der Waals surface area contributed by atoms with E-state index in [1.807, 2.05) is 0 Å². The standard InChI is InChI=1S/C18H14ClN3O4S2/c19-17-9-8-14(13(21-17)4-2-1-3-5-18(23)24)22-28(25,26)12-6-7-15-16(10-12)27-11-20-15/h6-11,22H,1,3,5H2,(H,23,24). The highest BCUT2D eigenvalue weighted by atomic mass is 35.5. The number of carboxylic acids is 1. The molecule has 0 radical (unpaired) electrons. The van der Waals surface area contributed by atoms with Crippen molar-refractivity contribution >= 4 is 54.8 Å². The zero-order valence-corrected chi connectivity index (χ0v) is 16.7. The lowest BCUT2D eigenvalue weighted by atomic mass is 10.2. The van der Waals surface area contributed by atoms with Crippen molar-refractivity contribution in [3.8, 4) is 11.8 Å². The molecule has 7 nitrogen and oxygen atoms in total. The van der Waals surface area contributed by atoms with Crippen LogP contribution in [0, 0.1) is 11.8 Å². The van der Waals surface area contributed by atoms with E-state index in [0.29, 0.717) is 12.8 Å². The van der Waals surface area contributed by atoms with E-state index in [0.717, 1.165) is 10.2 Å². The molecule has 0 spiro atoms. The van der Waals surface area contributed by atoms with Crippen LogP contribution in [-0.2, 0) is 14.8 Å². The summed E-state index contributed by atoms with van der Waals surface area (Å²) in [5.41, 5.74) is 2.74. The number of aromatic nitrogens is 2. The van der Waals surface area contributed by atoms with Gasteiger partial charge < -0.3 is 5.11 Å². The maximum atomic E-state index is 12.8. The summed E-state index contributed by atoms with van der Waals surface area (Å²) in [6.07, 6.45) is 0.741. The lowest BCUT2D eigenvalue weighted by molar-refractivity contribution is -0.137. The summed E-state index contributed by atoms with van der Waals surface area (Å²) in [7, 11) is -3.86. The number of sulfonamides is 1. The summed E-state index contributed by atoms with van der Waals surface area (Å²) in [4.78, 5) is 18.8. The molecular weight excluding hydrogens is 422 g/mol. The summed E-state index contributed by atoms with van der Waals surface area (Å²) < 4.78 is 28.8. The molecule has 0 aliphatic rings. The van der Waals surface area contributed by atoms with Crippen LogP contribution in [0.1, 0.15) is 25.0 Å². The van der Waals surface area contributed by atoms with Gasteiger partial charge in [-0.05, 0) is 42.7 Å². The molecule has 0 bridgehead atoms. The molecule has 0 saturated heterocycles. The first-order chi connectivity index (χ1) is 13.3. The topological polar surface area (TPSA) is 109 Å². The summed E-state index contributed by atoms with van der Waals surface area (Å²) in [5.74, 6) is 4.65. The van der Waals surface area contributed by atoms with Crippen molar-refractivity contribution in [2.24, 2.45) is 0 Å². The molecule has 10 heteroatoms.